The van der Waals surface area contributed by atoms with Crippen molar-refractivity contribution in [2.45, 2.75) is 30.3 Å². The molecule has 2 rings (SSSR count). The Labute approximate surface area is 112 Å². The maximum Gasteiger partial charge on any atom is 0.262 e. The molecule has 0 unspecified atom stereocenters. The van der Waals surface area contributed by atoms with Gasteiger partial charge in [0.2, 0.25) is 0 Å². The summed E-state index contributed by atoms with van der Waals surface area (Å²) < 4.78 is 26.5. The highest BCUT2D eigenvalue weighted by Crippen LogP contribution is 2.33. The number of nitrogens with one attached hydrogen (secondary N) is 1. The minimum absolute atomic E-state index is 0.0222. The van der Waals surface area contributed by atoms with E-state index in [0.29, 0.717) is 0 Å². The second-order valence-electron chi connectivity index (χ2n) is 4.26. The Balaban J connectivity index is 2.36. The Morgan fingerprint density at radius 1 is 1.58 bits per heavy atom. The minimum Gasteiger partial charge on any atom is -0.321 e. The maximum absolute atomic E-state index is 12.6. The zero-order chi connectivity index (χ0) is 13.9. The Kier molecular flexibility index (Phi) is 3.99. The van der Waals surface area contributed by atoms with Gasteiger partial charge in [-0.05, 0) is 25.0 Å². The van der Waals surface area contributed by atoms with Gasteiger partial charge in [0.05, 0.1) is 11.8 Å². The maximum atomic E-state index is 12.6. The molecule has 0 amide bonds. The van der Waals surface area contributed by atoms with E-state index in [1.54, 1.807) is 12.1 Å². The van der Waals surface area contributed by atoms with Crippen LogP contribution < -0.4 is 11.3 Å². The number of pyridine rings is 1. The number of aromatic nitrogens is 1. The Morgan fingerprint density at radius 3 is 2.89 bits per heavy atom. The molecule has 1 aliphatic carbocycles. The molecule has 1 aromatic heterocycles. The van der Waals surface area contributed by atoms with E-state index in [4.69, 9.17) is 11.1 Å². The molecule has 8 heteroatoms. The summed E-state index contributed by atoms with van der Waals surface area (Å²) >= 11 is 0. The number of hydrazine groups is 1. The van der Waals surface area contributed by atoms with Crippen molar-refractivity contribution in [3.8, 4) is 6.07 Å². The van der Waals surface area contributed by atoms with Gasteiger partial charge in [-0.15, -0.1) is 0 Å². The minimum atomic E-state index is -3.72. The summed E-state index contributed by atoms with van der Waals surface area (Å²) in [6.07, 6.45) is 3.21. The van der Waals surface area contributed by atoms with Crippen LogP contribution in [0.2, 0.25) is 0 Å². The Hall–Kier alpha value is -1.69. The average Bonchev–Trinajstić information content (AvgIpc) is 3.23. The monoisotopic (exact) mass is 281 g/mol. The molecule has 7 nitrogen and oxygen atoms in total. The second kappa shape index (κ2) is 5.52. The molecule has 3 N–H and O–H groups in total. The molecule has 1 heterocycles. The third-order valence-corrected chi connectivity index (χ3v) is 4.79. The molecular formula is C11H15N5O2S. The molecule has 0 aliphatic heterocycles. The molecule has 0 spiro atoms. The van der Waals surface area contributed by atoms with Gasteiger partial charge in [0.1, 0.15) is 0 Å². The molecule has 0 radical (unpaired) electrons. The standard InChI is InChI=1S/C11H15N5O2S/c12-6-2-8-16(9-4-5-9)19(17,18)11-10(15-13)3-1-7-14-11/h1,3,7,9,15H,2,4-5,8,13H2. The summed E-state index contributed by atoms with van der Waals surface area (Å²) in [7, 11) is -3.72. The number of nitrogen functional groups attached to an aromatic ring is 1. The van der Waals surface area contributed by atoms with E-state index in [2.05, 4.69) is 10.4 Å². The number of hydrogen-bond donors (Lipinski definition) is 2. The van der Waals surface area contributed by atoms with Gasteiger partial charge in [0.15, 0.2) is 5.03 Å². The number of sulfonamides is 1. The van der Waals surface area contributed by atoms with Crippen LogP contribution in [0.3, 0.4) is 0 Å². The van der Waals surface area contributed by atoms with E-state index < -0.39 is 10.0 Å². The summed E-state index contributed by atoms with van der Waals surface area (Å²) in [5.41, 5.74) is 2.59. The van der Waals surface area contributed by atoms with Gasteiger partial charge in [-0.3, -0.25) is 5.84 Å². The lowest BCUT2D eigenvalue weighted by atomic mass is 10.4. The first-order valence-corrected chi connectivity index (χ1v) is 7.35. The van der Waals surface area contributed by atoms with Crippen molar-refractivity contribution in [1.29, 1.82) is 5.26 Å². The number of anilines is 1. The van der Waals surface area contributed by atoms with Crippen LogP contribution in [0.25, 0.3) is 0 Å². The molecule has 0 bridgehead atoms. The molecule has 1 aliphatic rings. The number of rotatable bonds is 6. The second-order valence-corrected chi connectivity index (χ2v) is 6.06. The van der Waals surface area contributed by atoms with Crippen LogP contribution in [0, 0.1) is 11.3 Å². The van der Waals surface area contributed by atoms with Gasteiger partial charge in [0, 0.05) is 25.2 Å². The third kappa shape index (κ3) is 2.84. The highest BCUT2D eigenvalue weighted by atomic mass is 32.2. The van der Waals surface area contributed by atoms with Gasteiger partial charge in [-0.25, -0.2) is 13.4 Å². The lowest BCUT2D eigenvalue weighted by Crippen LogP contribution is -2.35. The fourth-order valence-corrected chi connectivity index (χ4v) is 3.60. The van der Waals surface area contributed by atoms with E-state index in [-0.39, 0.29) is 29.7 Å². The van der Waals surface area contributed by atoms with Crippen molar-refractivity contribution in [1.82, 2.24) is 9.29 Å². The molecule has 1 saturated carbocycles. The molecule has 0 saturated heterocycles. The van der Waals surface area contributed by atoms with Gasteiger partial charge >= 0.3 is 0 Å². The quantitative estimate of drug-likeness (QED) is 0.577. The molecule has 19 heavy (non-hydrogen) atoms. The van der Waals surface area contributed by atoms with Gasteiger partial charge in [0.25, 0.3) is 10.0 Å². The average molecular weight is 281 g/mol. The zero-order valence-corrected chi connectivity index (χ0v) is 11.1. The molecule has 0 aromatic carbocycles. The lowest BCUT2D eigenvalue weighted by molar-refractivity contribution is 0.409. The van der Waals surface area contributed by atoms with E-state index in [1.165, 1.54) is 10.5 Å². The SMILES string of the molecule is N#CCCN(C1CC1)S(=O)(=O)c1ncccc1NN. The fourth-order valence-electron chi connectivity index (χ4n) is 1.84. The first-order chi connectivity index (χ1) is 9.11. The normalized spacial score (nSPS) is 15.2. The van der Waals surface area contributed by atoms with Crippen molar-refractivity contribution in [2.75, 3.05) is 12.0 Å². The molecule has 102 valence electrons. The highest BCUT2D eigenvalue weighted by Gasteiger charge is 2.39. The summed E-state index contributed by atoms with van der Waals surface area (Å²) in [6, 6.07) is 5.10. The molecule has 1 aromatic rings. The number of hydrogen-bond acceptors (Lipinski definition) is 6. The van der Waals surface area contributed by atoms with E-state index >= 15 is 0 Å². The van der Waals surface area contributed by atoms with Crippen molar-refractivity contribution >= 4 is 15.7 Å². The first-order valence-electron chi connectivity index (χ1n) is 5.91. The summed E-state index contributed by atoms with van der Waals surface area (Å²) in [5, 5.41) is 8.54. The van der Waals surface area contributed by atoms with Crippen LogP contribution >= 0.6 is 0 Å². The van der Waals surface area contributed by atoms with Crippen molar-refractivity contribution in [3.05, 3.63) is 18.3 Å². The summed E-state index contributed by atoms with van der Waals surface area (Å²) in [5.74, 6) is 5.31. The molecule has 1 fully saturated rings. The predicted molar refractivity (Wildman–Crippen MR) is 69.2 cm³/mol. The Morgan fingerprint density at radius 2 is 2.32 bits per heavy atom. The van der Waals surface area contributed by atoms with Crippen molar-refractivity contribution in [2.24, 2.45) is 5.84 Å². The molecular weight excluding hydrogens is 266 g/mol. The number of nitrogens with two attached hydrogens (primary N) is 1. The van der Waals surface area contributed by atoms with Gasteiger partial charge in [-0.1, -0.05) is 0 Å². The van der Waals surface area contributed by atoms with Crippen LogP contribution in [0.5, 0.6) is 0 Å². The number of nitrogens with zero attached hydrogens (tertiary/aromatic N) is 3. The topological polar surface area (TPSA) is 112 Å². The third-order valence-electron chi connectivity index (χ3n) is 2.88. The van der Waals surface area contributed by atoms with Crippen molar-refractivity contribution in [3.63, 3.8) is 0 Å². The van der Waals surface area contributed by atoms with E-state index in [1.807, 2.05) is 6.07 Å². The summed E-state index contributed by atoms with van der Waals surface area (Å²) in [6.45, 7) is 0.185. The largest absolute Gasteiger partial charge is 0.321 e. The Bertz CT molecular complexity index is 591. The van der Waals surface area contributed by atoms with Crippen LogP contribution in [0.1, 0.15) is 19.3 Å². The van der Waals surface area contributed by atoms with Crippen molar-refractivity contribution < 1.29 is 8.42 Å². The predicted octanol–water partition coefficient (Wildman–Crippen LogP) is 0.434. The van der Waals surface area contributed by atoms with Crippen LogP contribution in [0.15, 0.2) is 23.4 Å². The summed E-state index contributed by atoms with van der Waals surface area (Å²) in [4.78, 5) is 3.91. The fraction of sp³-hybridized carbons (Fsp3) is 0.455. The first kappa shape index (κ1) is 13.7. The molecule has 0 atom stereocenters. The van der Waals surface area contributed by atoms with E-state index in [9.17, 15) is 8.42 Å². The highest BCUT2D eigenvalue weighted by molar-refractivity contribution is 7.89. The van der Waals surface area contributed by atoms with Crippen LogP contribution in [0.4, 0.5) is 5.69 Å². The van der Waals surface area contributed by atoms with Gasteiger partial charge in [-0.2, -0.15) is 9.57 Å². The van der Waals surface area contributed by atoms with Gasteiger partial charge < -0.3 is 5.43 Å². The van der Waals surface area contributed by atoms with Crippen LogP contribution in [-0.2, 0) is 10.0 Å². The lowest BCUT2D eigenvalue weighted by Gasteiger charge is -2.21. The van der Waals surface area contributed by atoms with Crippen LogP contribution in [-0.4, -0.2) is 30.3 Å². The zero-order valence-electron chi connectivity index (χ0n) is 10.3. The smallest absolute Gasteiger partial charge is 0.262 e. The van der Waals surface area contributed by atoms with E-state index in [0.717, 1.165) is 12.8 Å². The number of nitriles is 1.